The molecule has 0 unspecified atom stereocenters. The number of nitrogens with zero attached hydrogens (tertiary/aromatic N) is 5. The highest BCUT2D eigenvalue weighted by molar-refractivity contribution is 7.99. The van der Waals surface area contributed by atoms with Crippen molar-refractivity contribution in [1.82, 2.24) is 24.6 Å². The Bertz CT molecular complexity index is 1720. The minimum Gasteiger partial charge on any atom is -0.460 e. The molecule has 0 spiro atoms. The molecule has 188 valence electrons. The minimum absolute atomic E-state index is 0.738. The molecular weight excluding hydrogens is 492 g/mol. The van der Waals surface area contributed by atoms with Crippen LogP contribution in [0, 0.1) is 0 Å². The van der Waals surface area contributed by atoms with Gasteiger partial charge in [-0.25, -0.2) is 9.97 Å². The standard InChI is InChI=1S/C30H26N6OS/c1-2-4-21(5-3-1)17-36-28-10-7-24(14-23(28)16-33-36)34-30-26-15-22(6-9-27(26)31-19-32-30)29-11-8-25(37-29)18-35-12-13-38-20-35/h1-11,14-16,19H,12-13,17-18,20H2,(H,31,32,34). The first-order valence-corrected chi connectivity index (χ1v) is 13.8. The molecule has 1 fully saturated rings. The van der Waals surface area contributed by atoms with Crippen molar-refractivity contribution in [2.75, 3.05) is 23.5 Å². The lowest BCUT2D eigenvalue weighted by atomic mass is 10.1. The fourth-order valence-electron chi connectivity index (χ4n) is 4.91. The second kappa shape index (κ2) is 9.96. The van der Waals surface area contributed by atoms with Gasteiger partial charge in [-0.3, -0.25) is 9.58 Å². The topological polar surface area (TPSA) is 72.0 Å². The largest absolute Gasteiger partial charge is 0.460 e. The Labute approximate surface area is 224 Å². The van der Waals surface area contributed by atoms with Crippen molar-refractivity contribution in [1.29, 1.82) is 0 Å². The molecule has 1 aliphatic heterocycles. The molecule has 0 saturated carbocycles. The van der Waals surface area contributed by atoms with Gasteiger partial charge in [-0.1, -0.05) is 30.3 Å². The third-order valence-electron chi connectivity index (χ3n) is 6.87. The maximum atomic E-state index is 6.21. The molecule has 0 atom stereocenters. The Hall–Kier alpha value is -4.14. The third-order valence-corrected chi connectivity index (χ3v) is 7.89. The maximum Gasteiger partial charge on any atom is 0.141 e. The molecule has 1 N–H and O–H groups in total. The number of rotatable bonds is 7. The molecule has 0 bridgehead atoms. The lowest BCUT2D eigenvalue weighted by molar-refractivity contribution is 0.313. The number of benzene rings is 3. The number of thioether (sulfide) groups is 1. The van der Waals surface area contributed by atoms with E-state index in [9.17, 15) is 0 Å². The van der Waals surface area contributed by atoms with Crippen molar-refractivity contribution < 1.29 is 4.42 Å². The monoisotopic (exact) mass is 518 g/mol. The Balaban J connectivity index is 1.15. The van der Waals surface area contributed by atoms with E-state index in [1.807, 2.05) is 34.8 Å². The first-order valence-electron chi connectivity index (χ1n) is 12.7. The Morgan fingerprint density at radius 2 is 1.87 bits per heavy atom. The van der Waals surface area contributed by atoms with Gasteiger partial charge in [0.1, 0.15) is 23.7 Å². The number of aromatic nitrogens is 4. The lowest BCUT2D eigenvalue weighted by Gasteiger charge is -2.11. The third kappa shape index (κ3) is 4.64. The Kier molecular flexibility index (Phi) is 6.03. The molecule has 0 radical (unpaired) electrons. The van der Waals surface area contributed by atoms with Crippen LogP contribution in [-0.2, 0) is 13.1 Å². The summed E-state index contributed by atoms with van der Waals surface area (Å²) in [6.45, 7) is 2.70. The number of anilines is 2. The lowest BCUT2D eigenvalue weighted by Crippen LogP contribution is -2.18. The van der Waals surface area contributed by atoms with E-state index < -0.39 is 0 Å². The predicted molar refractivity (Wildman–Crippen MR) is 154 cm³/mol. The predicted octanol–water partition coefficient (Wildman–Crippen LogP) is 6.54. The van der Waals surface area contributed by atoms with Crippen LogP contribution in [0.2, 0.25) is 0 Å². The molecule has 1 saturated heterocycles. The summed E-state index contributed by atoms with van der Waals surface area (Å²) in [6, 6.07) is 27.0. The highest BCUT2D eigenvalue weighted by atomic mass is 32.2. The summed E-state index contributed by atoms with van der Waals surface area (Å²) in [7, 11) is 0. The molecule has 7 rings (SSSR count). The summed E-state index contributed by atoms with van der Waals surface area (Å²) in [5.74, 6) is 4.87. The number of fused-ring (bicyclic) bond motifs is 2. The van der Waals surface area contributed by atoms with Crippen molar-refractivity contribution in [3.8, 4) is 11.3 Å². The van der Waals surface area contributed by atoms with Crippen molar-refractivity contribution in [3.05, 3.63) is 103 Å². The van der Waals surface area contributed by atoms with Crippen molar-refractivity contribution in [3.63, 3.8) is 0 Å². The first-order chi connectivity index (χ1) is 18.8. The van der Waals surface area contributed by atoms with E-state index in [0.29, 0.717) is 0 Å². The van der Waals surface area contributed by atoms with Crippen LogP contribution in [0.4, 0.5) is 11.5 Å². The minimum atomic E-state index is 0.738. The summed E-state index contributed by atoms with van der Waals surface area (Å²) in [5, 5.41) is 10.1. The Morgan fingerprint density at radius 1 is 0.921 bits per heavy atom. The Morgan fingerprint density at radius 3 is 2.76 bits per heavy atom. The summed E-state index contributed by atoms with van der Waals surface area (Å²) in [5.41, 5.74) is 5.15. The zero-order valence-electron chi connectivity index (χ0n) is 20.7. The van der Waals surface area contributed by atoms with Gasteiger partial charge in [0.15, 0.2) is 0 Å². The molecule has 4 heterocycles. The van der Waals surface area contributed by atoms with Crippen LogP contribution in [0.1, 0.15) is 11.3 Å². The number of hydrogen-bond donors (Lipinski definition) is 1. The van der Waals surface area contributed by atoms with Gasteiger partial charge in [0, 0.05) is 40.2 Å². The molecule has 1 aliphatic rings. The SMILES string of the molecule is c1ccc(Cn2ncc3cc(Nc4ncnc5ccc(-c6ccc(CN7CCSC7)o6)cc45)ccc32)cc1. The smallest absolute Gasteiger partial charge is 0.141 e. The van der Waals surface area contributed by atoms with Gasteiger partial charge < -0.3 is 9.73 Å². The van der Waals surface area contributed by atoms with Crippen LogP contribution in [0.3, 0.4) is 0 Å². The van der Waals surface area contributed by atoms with Gasteiger partial charge in [0.2, 0.25) is 0 Å². The molecule has 6 aromatic rings. The van der Waals surface area contributed by atoms with Gasteiger partial charge in [-0.05, 0) is 54.1 Å². The number of furan rings is 1. The molecule has 8 heteroatoms. The van der Waals surface area contributed by atoms with Gasteiger partial charge >= 0.3 is 0 Å². The van der Waals surface area contributed by atoms with Crippen LogP contribution < -0.4 is 5.32 Å². The van der Waals surface area contributed by atoms with Gasteiger partial charge in [0.05, 0.1) is 30.3 Å². The first kappa shape index (κ1) is 23.0. The van der Waals surface area contributed by atoms with E-state index in [1.165, 1.54) is 11.3 Å². The molecule has 38 heavy (non-hydrogen) atoms. The van der Waals surface area contributed by atoms with E-state index >= 15 is 0 Å². The summed E-state index contributed by atoms with van der Waals surface area (Å²) in [6.07, 6.45) is 3.51. The second-order valence-corrected chi connectivity index (χ2v) is 10.6. The van der Waals surface area contributed by atoms with E-state index in [4.69, 9.17) is 4.42 Å². The fraction of sp³-hybridized carbons (Fsp3) is 0.167. The number of nitrogens with one attached hydrogen (secondary N) is 1. The quantitative estimate of drug-likeness (QED) is 0.257. The average molecular weight is 519 g/mol. The zero-order chi connectivity index (χ0) is 25.3. The van der Waals surface area contributed by atoms with Crippen LogP contribution in [0.5, 0.6) is 0 Å². The van der Waals surface area contributed by atoms with Crippen molar-refractivity contribution >= 4 is 45.1 Å². The van der Waals surface area contributed by atoms with Gasteiger partial charge in [-0.2, -0.15) is 5.10 Å². The van der Waals surface area contributed by atoms with Gasteiger partial charge in [0.25, 0.3) is 0 Å². The van der Waals surface area contributed by atoms with E-state index in [1.54, 1.807) is 6.33 Å². The molecular formula is C30H26N6OS. The average Bonchev–Trinajstić information content (AvgIpc) is 3.72. The zero-order valence-corrected chi connectivity index (χ0v) is 21.6. The summed E-state index contributed by atoms with van der Waals surface area (Å²) in [4.78, 5) is 11.5. The highest BCUT2D eigenvalue weighted by Gasteiger charge is 2.15. The maximum absolute atomic E-state index is 6.21. The molecule has 0 aliphatic carbocycles. The van der Waals surface area contributed by atoms with Gasteiger partial charge in [-0.15, -0.1) is 11.8 Å². The second-order valence-electron chi connectivity index (χ2n) is 9.50. The van der Waals surface area contributed by atoms with Crippen LogP contribution in [0.15, 0.2) is 95.8 Å². The van der Waals surface area contributed by atoms with Crippen LogP contribution in [0.25, 0.3) is 33.1 Å². The van der Waals surface area contributed by atoms with E-state index in [-0.39, 0.29) is 0 Å². The molecule has 7 nitrogen and oxygen atoms in total. The van der Waals surface area contributed by atoms with E-state index in [2.05, 4.69) is 92.0 Å². The van der Waals surface area contributed by atoms with Crippen LogP contribution >= 0.6 is 11.8 Å². The van der Waals surface area contributed by atoms with Crippen LogP contribution in [-0.4, -0.2) is 42.8 Å². The summed E-state index contributed by atoms with van der Waals surface area (Å²) < 4.78 is 8.24. The normalized spacial score (nSPS) is 14.0. The molecule has 0 amide bonds. The van der Waals surface area contributed by atoms with Crippen molar-refractivity contribution in [2.24, 2.45) is 0 Å². The molecule has 3 aromatic heterocycles. The summed E-state index contributed by atoms with van der Waals surface area (Å²) >= 11 is 1.97. The fourth-order valence-corrected chi connectivity index (χ4v) is 5.90. The van der Waals surface area contributed by atoms with E-state index in [0.717, 1.165) is 75.9 Å². The van der Waals surface area contributed by atoms with Crippen molar-refractivity contribution in [2.45, 2.75) is 13.1 Å². The number of hydrogen-bond acceptors (Lipinski definition) is 7. The highest BCUT2D eigenvalue weighted by Crippen LogP contribution is 2.31. The molecule has 3 aromatic carbocycles.